The van der Waals surface area contributed by atoms with Crippen LogP contribution < -0.4 is 9.64 Å². The van der Waals surface area contributed by atoms with Crippen molar-refractivity contribution < 1.29 is 4.74 Å². The van der Waals surface area contributed by atoms with Gasteiger partial charge in [0.25, 0.3) is 0 Å². The second kappa shape index (κ2) is 6.81. The van der Waals surface area contributed by atoms with Crippen LogP contribution in [0, 0.1) is 0 Å². The fourth-order valence-electron chi connectivity index (χ4n) is 3.52. The van der Waals surface area contributed by atoms with Crippen molar-refractivity contribution in [1.82, 2.24) is 19.7 Å². The lowest BCUT2D eigenvalue weighted by Crippen LogP contribution is -2.59. The molecule has 1 aliphatic heterocycles. The third-order valence-electron chi connectivity index (χ3n) is 4.71. The first-order valence-corrected chi connectivity index (χ1v) is 8.54. The molecule has 1 fully saturated rings. The Hall–Kier alpha value is -2.08. The second-order valence-corrected chi connectivity index (χ2v) is 6.87. The SMILES string of the molecule is CCn1ncnc1CN1CCN(c2cccc(OC)c2)C(C)(C)C1. The average molecular weight is 329 g/mol. The quantitative estimate of drug-likeness (QED) is 0.843. The van der Waals surface area contributed by atoms with Crippen LogP contribution in [0.1, 0.15) is 26.6 Å². The largest absolute Gasteiger partial charge is 0.497 e. The molecule has 130 valence electrons. The van der Waals surface area contributed by atoms with Crippen molar-refractivity contribution in [2.75, 3.05) is 31.6 Å². The van der Waals surface area contributed by atoms with E-state index in [0.717, 1.165) is 44.3 Å². The maximum atomic E-state index is 5.38. The lowest BCUT2D eigenvalue weighted by molar-refractivity contribution is 0.170. The van der Waals surface area contributed by atoms with Crippen molar-refractivity contribution in [1.29, 1.82) is 0 Å². The van der Waals surface area contributed by atoms with Crippen molar-refractivity contribution in [2.24, 2.45) is 0 Å². The number of hydrogen-bond acceptors (Lipinski definition) is 5. The molecule has 1 aromatic heterocycles. The van der Waals surface area contributed by atoms with Gasteiger partial charge >= 0.3 is 0 Å². The van der Waals surface area contributed by atoms with Crippen LogP contribution in [0.25, 0.3) is 0 Å². The number of benzene rings is 1. The Balaban J connectivity index is 1.72. The molecule has 24 heavy (non-hydrogen) atoms. The van der Waals surface area contributed by atoms with Crippen molar-refractivity contribution in [3.63, 3.8) is 0 Å². The van der Waals surface area contributed by atoms with Gasteiger partial charge in [-0.05, 0) is 32.9 Å². The minimum atomic E-state index is 0.0433. The Kier molecular flexibility index (Phi) is 4.76. The van der Waals surface area contributed by atoms with Crippen molar-refractivity contribution in [2.45, 2.75) is 39.4 Å². The molecule has 0 unspecified atom stereocenters. The van der Waals surface area contributed by atoms with Crippen LogP contribution in [-0.2, 0) is 13.1 Å². The fraction of sp³-hybridized carbons (Fsp3) is 0.556. The van der Waals surface area contributed by atoms with E-state index in [1.807, 2.05) is 10.7 Å². The van der Waals surface area contributed by atoms with Gasteiger partial charge in [0.15, 0.2) is 0 Å². The molecule has 0 N–H and O–H groups in total. The molecule has 0 radical (unpaired) electrons. The van der Waals surface area contributed by atoms with Crippen LogP contribution in [0.5, 0.6) is 5.75 Å². The maximum absolute atomic E-state index is 5.38. The highest BCUT2D eigenvalue weighted by Gasteiger charge is 2.34. The summed E-state index contributed by atoms with van der Waals surface area (Å²) in [4.78, 5) is 9.34. The van der Waals surface area contributed by atoms with Crippen molar-refractivity contribution >= 4 is 5.69 Å². The summed E-state index contributed by atoms with van der Waals surface area (Å²) in [6, 6.07) is 8.32. The van der Waals surface area contributed by atoms with Crippen LogP contribution in [0.4, 0.5) is 5.69 Å². The molecule has 1 saturated heterocycles. The predicted molar refractivity (Wildman–Crippen MR) is 95.4 cm³/mol. The molecule has 0 spiro atoms. The Bertz CT molecular complexity index is 682. The highest BCUT2D eigenvalue weighted by atomic mass is 16.5. The average Bonchev–Trinajstić information content (AvgIpc) is 3.01. The van der Waals surface area contributed by atoms with Crippen LogP contribution in [-0.4, -0.2) is 51.9 Å². The minimum absolute atomic E-state index is 0.0433. The van der Waals surface area contributed by atoms with E-state index in [-0.39, 0.29) is 5.54 Å². The highest BCUT2D eigenvalue weighted by Crippen LogP contribution is 2.30. The van der Waals surface area contributed by atoms with Gasteiger partial charge in [0.2, 0.25) is 0 Å². The van der Waals surface area contributed by atoms with E-state index in [1.54, 1.807) is 13.4 Å². The molecule has 2 heterocycles. The van der Waals surface area contributed by atoms with E-state index in [1.165, 1.54) is 5.69 Å². The number of anilines is 1. The Morgan fingerprint density at radius 3 is 2.79 bits per heavy atom. The molecular weight excluding hydrogens is 302 g/mol. The van der Waals surface area contributed by atoms with Gasteiger partial charge in [-0.2, -0.15) is 5.10 Å². The minimum Gasteiger partial charge on any atom is -0.497 e. The lowest BCUT2D eigenvalue weighted by atomic mass is 9.97. The lowest BCUT2D eigenvalue weighted by Gasteiger charge is -2.48. The van der Waals surface area contributed by atoms with Crippen LogP contribution in [0.3, 0.4) is 0 Å². The monoisotopic (exact) mass is 329 g/mol. The molecule has 3 rings (SSSR count). The number of piperazine rings is 1. The molecule has 2 aromatic rings. The van der Waals surface area contributed by atoms with Gasteiger partial charge in [-0.25, -0.2) is 9.67 Å². The number of aromatic nitrogens is 3. The molecule has 0 aliphatic carbocycles. The van der Waals surface area contributed by atoms with Gasteiger partial charge in [-0.3, -0.25) is 4.90 Å². The van der Waals surface area contributed by atoms with Crippen LogP contribution >= 0.6 is 0 Å². The van der Waals surface area contributed by atoms with E-state index in [2.05, 4.69) is 58.9 Å². The summed E-state index contributed by atoms with van der Waals surface area (Å²) in [7, 11) is 1.71. The zero-order valence-corrected chi connectivity index (χ0v) is 15.1. The summed E-state index contributed by atoms with van der Waals surface area (Å²) >= 11 is 0. The number of rotatable bonds is 5. The Labute approximate surface area is 144 Å². The molecule has 6 nitrogen and oxygen atoms in total. The summed E-state index contributed by atoms with van der Waals surface area (Å²) in [5.74, 6) is 1.95. The van der Waals surface area contributed by atoms with Gasteiger partial charge in [0.1, 0.15) is 17.9 Å². The number of aryl methyl sites for hydroxylation is 1. The molecule has 0 amide bonds. The zero-order valence-electron chi connectivity index (χ0n) is 15.1. The maximum Gasteiger partial charge on any atom is 0.140 e. The van der Waals surface area contributed by atoms with E-state index >= 15 is 0 Å². The molecule has 0 saturated carbocycles. The van der Waals surface area contributed by atoms with Gasteiger partial charge < -0.3 is 9.64 Å². The topological polar surface area (TPSA) is 46.4 Å². The summed E-state index contributed by atoms with van der Waals surface area (Å²) in [5.41, 5.74) is 1.26. The van der Waals surface area contributed by atoms with Crippen LogP contribution in [0.15, 0.2) is 30.6 Å². The van der Waals surface area contributed by atoms with E-state index in [0.29, 0.717) is 0 Å². The van der Waals surface area contributed by atoms with E-state index < -0.39 is 0 Å². The third-order valence-corrected chi connectivity index (χ3v) is 4.71. The molecule has 0 bridgehead atoms. The Morgan fingerprint density at radius 2 is 2.08 bits per heavy atom. The number of nitrogens with zero attached hydrogens (tertiary/aromatic N) is 5. The smallest absolute Gasteiger partial charge is 0.140 e. The van der Waals surface area contributed by atoms with Crippen molar-refractivity contribution in [3.8, 4) is 5.75 Å². The first-order chi connectivity index (χ1) is 11.5. The molecule has 6 heteroatoms. The fourth-order valence-corrected chi connectivity index (χ4v) is 3.52. The first-order valence-electron chi connectivity index (χ1n) is 8.54. The zero-order chi connectivity index (χ0) is 17.2. The van der Waals surface area contributed by atoms with Gasteiger partial charge in [0, 0.05) is 43.5 Å². The summed E-state index contributed by atoms with van der Waals surface area (Å²) in [6.07, 6.45) is 1.65. The molecule has 1 aromatic carbocycles. The Morgan fingerprint density at radius 1 is 1.25 bits per heavy atom. The first kappa shape index (κ1) is 16.8. The molecule has 0 atom stereocenters. The molecule has 1 aliphatic rings. The number of ether oxygens (including phenoxy) is 1. The predicted octanol–water partition coefficient (Wildman–Crippen LogP) is 2.41. The standard InChI is InChI=1S/C18H27N5O/c1-5-23-17(19-14-20-23)12-21-9-10-22(18(2,3)13-21)15-7-6-8-16(11-15)24-4/h6-8,11,14H,5,9-10,12-13H2,1-4H3. The molecular formula is C18H27N5O. The van der Waals surface area contributed by atoms with E-state index in [9.17, 15) is 0 Å². The van der Waals surface area contributed by atoms with Gasteiger partial charge in [-0.15, -0.1) is 0 Å². The van der Waals surface area contributed by atoms with Gasteiger partial charge in [0.05, 0.1) is 13.7 Å². The highest BCUT2D eigenvalue weighted by molar-refractivity contribution is 5.53. The van der Waals surface area contributed by atoms with Gasteiger partial charge in [-0.1, -0.05) is 6.07 Å². The normalized spacial score (nSPS) is 17.9. The summed E-state index contributed by atoms with van der Waals surface area (Å²) < 4.78 is 7.35. The summed E-state index contributed by atoms with van der Waals surface area (Å²) in [5, 5.41) is 4.27. The van der Waals surface area contributed by atoms with Crippen LogP contribution in [0.2, 0.25) is 0 Å². The van der Waals surface area contributed by atoms with E-state index in [4.69, 9.17) is 4.74 Å². The number of hydrogen-bond donors (Lipinski definition) is 0. The van der Waals surface area contributed by atoms with Crippen molar-refractivity contribution in [3.05, 3.63) is 36.4 Å². The third kappa shape index (κ3) is 3.38. The summed E-state index contributed by atoms with van der Waals surface area (Å²) in [6.45, 7) is 11.4. The number of methoxy groups -OCH3 is 1. The second-order valence-electron chi connectivity index (χ2n) is 6.87.